The van der Waals surface area contributed by atoms with E-state index in [2.05, 4.69) is 0 Å². The zero-order valence-corrected chi connectivity index (χ0v) is 18.7. The van der Waals surface area contributed by atoms with E-state index in [0.29, 0.717) is 24.3 Å². The molecule has 0 saturated carbocycles. The van der Waals surface area contributed by atoms with E-state index in [1.54, 1.807) is 0 Å². The van der Waals surface area contributed by atoms with E-state index in [1.807, 2.05) is 0 Å². The maximum atomic E-state index is 15.3. The number of hydrogen-bond acceptors (Lipinski definition) is 0. The van der Waals surface area contributed by atoms with Gasteiger partial charge in [0.15, 0.2) is 46.5 Å². The standard InChI is InChI=1S/C27H8F12/c28-13-5-4-9(6-15(13)30)18-11-7-16(31)17(32)8-12(11)19(10-2-1-3-14(29)20(10)18)21-23(33)25(35)22(27(37,38)39)26(36)24(21)34/h1-8H. The van der Waals surface area contributed by atoms with Crippen LogP contribution in [0.5, 0.6) is 0 Å². The van der Waals surface area contributed by atoms with Crippen molar-refractivity contribution in [3.63, 3.8) is 0 Å². The normalized spacial score (nSPS) is 12.1. The third kappa shape index (κ3) is 3.96. The minimum absolute atomic E-state index is 0.320. The van der Waals surface area contributed by atoms with Crippen LogP contribution in [-0.4, -0.2) is 0 Å². The second-order valence-electron chi connectivity index (χ2n) is 8.36. The van der Waals surface area contributed by atoms with Crippen molar-refractivity contribution in [3.05, 3.63) is 106 Å². The van der Waals surface area contributed by atoms with Crippen molar-refractivity contribution in [1.29, 1.82) is 0 Å². The molecule has 0 aliphatic carbocycles. The third-order valence-corrected chi connectivity index (χ3v) is 6.14. The maximum Gasteiger partial charge on any atom is 0.422 e. The Morgan fingerprint density at radius 1 is 0.436 bits per heavy atom. The van der Waals surface area contributed by atoms with E-state index in [-0.39, 0.29) is 5.56 Å². The molecular formula is C27H8F12. The van der Waals surface area contributed by atoms with Gasteiger partial charge >= 0.3 is 6.18 Å². The highest BCUT2D eigenvalue weighted by molar-refractivity contribution is 6.21. The Kier molecular flexibility index (Phi) is 6.04. The molecule has 200 valence electrons. The average molecular weight is 560 g/mol. The number of fused-ring (bicyclic) bond motifs is 2. The van der Waals surface area contributed by atoms with Crippen molar-refractivity contribution in [2.45, 2.75) is 6.18 Å². The van der Waals surface area contributed by atoms with Crippen LogP contribution in [0.4, 0.5) is 52.7 Å². The number of halogens is 12. The Hall–Kier alpha value is -4.22. The lowest BCUT2D eigenvalue weighted by Gasteiger charge is -2.20. The first-order chi connectivity index (χ1) is 18.2. The van der Waals surface area contributed by atoms with Gasteiger partial charge in [-0.2, -0.15) is 13.2 Å². The van der Waals surface area contributed by atoms with Gasteiger partial charge in [-0.25, -0.2) is 39.5 Å². The predicted molar refractivity (Wildman–Crippen MR) is 117 cm³/mol. The van der Waals surface area contributed by atoms with Gasteiger partial charge in [0.2, 0.25) is 0 Å². The molecule has 0 heterocycles. The zero-order valence-electron chi connectivity index (χ0n) is 18.7. The topological polar surface area (TPSA) is 0 Å². The molecule has 0 nitrogen and oxygen atoms in total. The van der Waals surface area contributed by atoms with E-state index in [9.17, 15) is 39.5 Å². The second-order valence-corrected chi connectivity index (χ2v) is 8.36. The lowest BCUT2D eigenvalue weighted by atomic mass is 9.85. The monoisotopic (exact) mass is 560 g/mol. The molecule has 0 aliphatic rings. The highest BCUT2D eigenvalue weighted by Gasteiger charge is 2.43. The van der Waals surface area contributed by atoms with Crippen LogP contribution in [0, 0.1) is 52.4 Å². The third-order valence-electron chi connectivity index (χ3n) is 6.14. The van der Waals surface area contributed by atoms with Crippen LogP contribution in [0.1, 0.15) is 5.56 Å². The molecule has 5 aromatic rings. The minimum atomic E-state index is -5.86. The fourth-order valence-electron chi connectivity index (χ4n) is 4.55. The molecule has 5 aromatic carbocycles. The Balaban J connectivity index is 2.08. The van der Waals surface area contributed by atoms with Crippen LogP contribution in [0.15, 0.2) is 48.5 Å². The Morgan fingerprint density at radius 3 is 1.51 bits per heavy atom. The van der Waals surface area contributed by atoms with Crippen LogP contribution in [0.3, 0.4) is 0 Å². The van der Waals surface area contributed by atoms with Gasteiger partial charge in [0.1, 0.15) is 11.4 Å². The molecular weight excluding hydrogens is 552 g/mol. The predicted octanol–water partition coefficient (Wildman–Crippen LogP) is 9.60. The lowest BCUT2D eigenvalue weighted by molar-refractivity contribution is -0.143. The summed E-state index contributed by atoms with van der Waals surface area (Å²) in [6.45, 7) is 0. The van der Waals surface area contributed by atoms with Crippen LogP contribution in [-0.2, 0) is 6.18 Å². The smallest absolute Gasteiger partial charge is 0.206 e. The van der Waals surface area contributed by atoms with E-state index in [0.717, 1.165) is 24.3 Å². The SMILES string of the molecule is Fc1ccc(-c2c3cc(F)c(F)cc3c(-c3c(F)c(F)c(C(F)(F)F)c(F)c3F)c3cccc(F)c23)cc1F. The second kappa shape index (κ2) is 8.92. The van der Waals surface area contributed by atoms with Gasteiger partial charge in [-0.05, 0) is 52.1 Å². The quantitative estimate of drug-likeness (QED) is 0.115. The van der Waals surface area contributed by atoms with Gasteiger partial charge in [0, 0.05) is 16.5 Å². The summed E-state index contributed by atoms with van der Waals surface area (Å²) >= 11 is 0. The van der Waals surface area contributed by atoms with Gasteiger partial charge in [-0.3, -0.25) is 0 Å². The molecule has 0 aromatic heterocycles. The van der Waals surface area contributed by atoms with Crippen LogP contribution in [0.2, 0.25) is 0 Å². The highest BCUT2D eigenvalue weighted by Crippen LogP contribution is 2.48. The molecule has 0 N–H and O–H groups in total. The summed E-state index contributed by atoms with van der Waals surface area (Å²) in [5, 5.41) is -2.61. The Bertz CT molecular complexity index is 1810. The molecule has 0 atom stereocenters. The molecule has 12 heteroatoms. The molecule has 0 saturated heterocycles. The fraction of sp³-hybridized carbons (Fsp3) is 0.0370. The van der Waals surface area contributed by atoms with Crippen molar-refractivity contribution in [2.24, 2.45) is 0 Å². The molecule has 0 radical (unpaired) electrons. The van der Waals surface area contributed by atoms with Crippen LogP contribution < -0.4 is 0 Å². The van der Waals surface area contributed by atoms with E-state index >= 15 is 13.2 Å². The molecule has 0 aliphatic heterocycles. The Morgan fingerprint density at radius 2 is 0.974 bits per heavy atom. The molecule has 5 rings (SSSR count). The van der Waals surface area contributed by atoms with Crippen molar-refractivity contribution >= 4 is 21.5 Å². The van der Waals surface area contributed by atoms with Crippen LogP contribution in [0.25, 0.3) is 43.8 Å². The molecule has 0 amide bonds. The fourth-order valence-corrected chi connectivity index (χ4v) is 4.55. The average Bonchev–Trinajstić information content (AvgIpc) is 2.85. The summed E-state index contributed by atoms with van der Waals surface area (Å²) in [7, 11) is 0. The highest BCUT2D eigenvalue weighted by atomic mass is 19.4. The first-order valence-corrected chi connectivity index (χ1v) is 10.7. The van der Waals surface area contributed by atoms with Gasteiger partial charge in [-0.15, -0.1) is 0 Å². The first-order valence-electron chi connectivity index (χ1n) is 10.7. The molecule has 0 spiro atoms. The summed E-state index contributed by atoms with van der Waals surface area (Å²) in [5.74, 6) is -18.0. The van der Waals surface area contributed by atoms with E-state index in [1.165, 1.54) is 0 Å². The largest absolute Gasteiger partial charge is 0.422 e. The zero-order chi connectivity index (χ0) is 28.5. The summed E-state index contributed by atoms with van der Waals surface area (Å²) in [6.07, 6.45) is -5.86. The summed E-state index contributed by atoms with van der Waals surface area (Å²) in [4.78, 5) is 0. The number of hydrogen-bond donors (Lipinski definition) is 0. The molecule has 0 fully saturated rings. The van der Waals surface area contributed by atoms with E-state index < -0.39 is 102 Å². The number of rotatable bonds is 2. The van der Waals surface area contributed by atoms with Crippen molar-refractivity contribution in [3.8, 4) is 22.3 Å². The van der Waals surface area contributed by atoms with E-state index in [4.69, 9.17) is 0 Å². The lowest BCUT2D eigenvalue weighted by Crippen LogP contribution is -2.16. The van der Waals surface area contributed by atoms with Gasteiger partial charge in [0.05, 0.1) is 5.56 Å². The molecule has 0 bridgehead atoms. The maximum absolute atomic E-state index is 15.3. The van der Waals surface area contributed by atoms with Gasteiger partial charge in [-0.1, -0.05) is 18.2 Å². The summed E-state index contributed by atoms with van der Waals surface area (Å²) < 4.78 is 171. The summed E-state index contributed by atoms with van der Waals surface area (Å²) in [6, 6.07) is 5.52. The van der Waals surface area contributed by atoms with Crippen molar-refractivity contribution < 1.29 is 52.7 Å². The van der Waals surface area contributed by atoms with Crippen molar-refractivity contribution in [2.75, 3.05) is 0 Å². The Labute approximate surface area is 209 Å². The summed E-state index contributed by atoms with van der Waals surface area (Å²) in [5.41, 5.74) is -6.42. The minimum Gasteiger partial charge on any atom is -0.206 e. The van der Waals surface area contributed by atoms with Gasteiger partial charge < -0.3 is 0 Å². The molecule has 0 unspecified atom stereocenters. The van der Waals surface area contributed by atoms with Crippen molar-refractivity contribution in [1.82, 2.24) is 0 Å². The number of benzene rings is 5. The number of alkyl halides is 3. The van der Waals surface area contributed by atoms with Crippen LogP contribution >= 0.6 is 0 Å². The molecule has 39 heavy (non-hydrogen) atoms. The first kappa shape index (κ1) is 26.4. The van der Waals surface area contributed by atoms with Gasteiger partial charge in [0.25, 0.3) is 0 Å².